The molecular weight excluding hydrogens is 254 g/mol. The van der Waals surface area contributed by atoms with Crippen molar-refractivity contribution in [2.24, 2.45) is 0 Å². The highest BCUT2D eigenvalue weighted by Gasteiger charge is 2.35. The third-order valence-electron chi connectivity index (χ3n) is 3.51. The van der Waals surface area contributed by atoms with E-state index in [1.807, 2.05) is 0 Å². The molecule has 0 bridgehead atoms. The number of hydrogen-bond donors (Lipinski definition) is 2. The fourth-order valence-electron chi connectivity index (χ4n) is 2.31. The molecule has 1 atom stereocenters. The number of nitrogens with one attached hydrogen (secondary N) is 2. The maximum atomic E-state index is 12.1. The van der Waals surface area contributed by atoms with Crippen molar-refractivity contribution >= 4 is 15.9 Å². The molecule has 2 rings (SSSR count). The highest BCUT2D eigenvalue weighted by atomic mass is 32.2. The zero-order valence-corrected chi connectivity index (χ0v) is 11.5. The Morgan fingerprint density at radius 3 is 2.61 bits per heavy atom. The molecule has 1 saturated heterocycles. The summed E-state index contributed by atoms with van der Waals surface area (Å²) in [6.07, 6.45) is 4.19. The van der Waals surface area contributed by atoms with Gasteiger partial charge in [0.1, 0.15) is 5.75 Å². The molecule has 1 aliphatic carbocycles. The van der Waals surface area contributed by atoms with Gasteiger partial charge in [0.05, 0.1) is 0 Å². The maximum absolute atomic E-state index is 12.1. The van der Waals surface area contributed by atoms with Gasteiger partial charge in [0.25, 0.3) is 0 Å². The molecule has 2 aliphatic rings. The van der Waals surface area contributed by atoms with Crippen molar-refractivity contribution in [3.8, 4) is 0 Å². The van der Waals surface area contributed by atoms with Gasteiger partial charge in [-0.25, -0.2) is 13.1 Å². The molecule has 7 heteroatoms. The SMILES string of the molecule is CNS(=O)(=O)CC(=O)N(C[C@@H]1CCCN1)C1CC1. The first-order valence-electron chi connectivity index (χ1n) is 6.46. The van der Waals surface area contributed by atoms with Gasteiger partial charge in [-0.15, -0.1) is 0 Å². The van der Waals surface area contributed by atoms with Crippen LogP contribution < -0.4 is 10.0 Å². The van der Waals surface area contributed by atoms with Crippen molar-refractivity contribution in [2.75, 3.05) is 25.9 Å². The topological polar surface area (TPSA) is 78.5 Å². The van der Waals surface area contributed by atoms with Crippen molar-refractivity contribution < 1.29 is 13.2 Å². The molecule has 6 nitrogen and oxygen atoms in total. The van der Waals surface area contributed by atoms with Crippen molar-refractivity contribution in [3.05, 3.63) is 0 Å². The molecule has 0 aromatic heterocycles. The normalized spacial score (nSPS) is 24.2. The number of amides is 1. The van der Waals surface area contributed by atoms with Gasteiger partial charge >= 0.3 is 0 Å². The van der Waals surface area contributed by atoms with E-state index in [9.17, 15) is 13.2 Å². The predicted molar refractivity (Wildman–Crippen MR) is 68.6 cm³/mol. The van der Waals surface area contributed by atoms with Gasteiger partial charge in [0, 0.05) is 18.6 Å². The van der Waals surface area contributed by atoms with Crippen LogP contribution in [0.2, 0.25) is 0 Å². The van der Waals surface area contributed by atoms with Crippen LogP contribution in [0.3, 0.4) is 0 Å². The Bertz CT molecular complexity index is 400. The lowest BCUT2D eigenvalue weighted by molar-refractivity contribution is -0.129. The predicted octanol–water partition coefficient (Wildman–Crippen LogP) is -0.721. The molecule has 0 radical (unpaired) electrons. The summed E-state index contributed by atoms with van der Waals surface area (Å²) in [5.41, 5.74) is 0. The average molecular weight is 275 g/mol. The molecule has 2 N–H and O–H groups in total. The van der Waals surface area contributed by atoms with E-state index in [4.69, 9.17) is 0 Å². The summed E-state index contributed by atoms with van der Waals surface area (Å²) < 4.78 is 25.0. The van der Waals surface area contributed by atoms with Crippen LogP contribution >= 0.6 is 0 Å². The molecule has 1 aliphatic heterocycles. The van der Waals surface area contributed by atoms with E-state index in [0.717, 1.165) is 32.2 Å². The summed E-state index contributed by atoms with van der Waals surface area (Å²) in [4.78, 5) is 13.8. The molecule has 0 aromatic carbocycles. The van der Waals surface area contributed by atoms with Gasteiger partial charge in [-0.2, -0.15) is 0 Å². The van der Waals surface area contributed by atoms with E-state index in [0.29, 0.717) is 12.6 Å². The first kappa shape index (κ1) is 13.8. The fourth-order valence-corrected chi connectivity index (χ4v) is 2.94. The van der Waals surface area contributed by atoms with E-state index in [1.165, 1.54) is 7.05 Å². The third kappa shape index (κ3) is 3.66. The second kappa shape index (κ2) is 5.54. The largest absolute Gasteiger partial charge is 0.337 e. The fraction of sp³-hybridized carbons (Fsp3) is 0.909. The quantitative estimate of drug-likeness (QED) is 0.670. The van der Waals surface area contributed by atoms with Crippen LogP contribution in [0.1, 0.15) is 25.7 Å². The lowest BCUT2D eigenvalue weighted by Gasteiger charge is -2.25. The van der Waals surface area contributed by atoms with Crippen molar-refractivity contribution in [3.63, 3.8) is 0 Å². The lowest BCUT2D eigenvalue weighted by atomic mass is 10.2. The lowest BCUT2D eigenvalue weighted by Crippen LogP contribution is -2.45. The van der Waals surface area contributed by atoms with Crippen LogP contribution in [0.25, 0.3) is 0 Å². The summed E-state index contributed by atoms with van der Waals surface area (Å²) in [6.45, 7) is 1.63. The van der Waals surface area contributed by atoms with Gasteiger partial charge in [0.2, 0.25) is 15.9 Å². The number of nitrogens with zero attached hydrogens (tertiary/aromatic N) is 1. The summed E-state index contributed by atoms with van der Waals surface area (Å²) in [6, 6.07) is 0.582. The maximum Gasteiger partial charge on any atom is 0.239 e. The van der Waals surface area contributed by atoms with E-state index >= 15 is 0 Å². The Labute approximate surface area is 108 Å². The third-order valence-corrected chi connectivity index (χ3v) is 4.76. The first-order chi connectivity index (χ1) is 8.52. The number of hydrogen-bond acceptors (Lipinski definition) is 4. The standard InChI is InChI=1S/C11H21N3O3S/c1-12-18(16,17)8-11(15)14(10-4-5-10)7-9-3-2-6-13-9/h9-10,12-13H,2-8H2,1H3/t9-/m0/s1. The molecule has 0 aromatic rings. The van der Waals surface area contributed by atoms with E-state index in [1.54, 1.807) is 4.90 Å². The molecule has 1 heterocycles. The Morgan fingerprint density at radius 2 is 2.11 bits per heavy atom. The van der Waals surface area contributed by atoms with Crippen molar-refractivity contribution in [1.29, 1.82) is 0 Å². The van der Waals surface area contributed by atoms with Crippen LogP contribution in [0, 0.1) is 0 Å². The minimum atomic E-state index is -3.46. The monoisotopic (exact) mass is 275 g/mol. The average Bonchev–Trinajstić information content (AvgIpc) is 3.02. The number of rotatable bonds is 6. The van der Waals surface area contributed by atoms with Gasteiger partial charge in [-0.3, -0.25) is 4.79 Å². The zero-order chi connectivity index (χ0) is 13.2. The van der Waals surface area contributed by atoms with Crippen LogP contribution in [0.5, 0.6) is 0 Å². The zero-order valence-electron chi connectivity index (χ0n) is 10.7. The molecule has 0 spiro atoms. The van der Waals surface area contributed by atoms with Gasteiger partial charge < -0.3 is 10.2 Å². The number of carbonyl (C=O) groups is 1. The summed E-state index contributed by atoms with van der Waals surface area (Å²) in [7, 11) is -2.13. The molecular formula is C11H21N3O3S. The smallest absolute Gasteiger partial charge is 0.239 e. The summed E-state index contributed by atoms with van der Waals surface area (Å²) >= 11 is 0. The van der Waals surface area contributed by atoms with Crippen LogP contribution in [0.15, 0.2) is 0 Å². The van der Waals surface area contributed by atoms with Crippen LogP contribution in [-0.4, -0.2) is 57.2 Å². The van der Waals surface area contributed by atoms with E-state index in [2.05, 4.69) is 10.0 Å². The number of carbonyl (C=O) groups excluding carboxylic acids is 1. The molecule has 0 unspecified atom stereocenters. The first-order valence-corrected chi connectivity index (χ1v) is 8.11. The Kier molecular flexibility index (Phi) is 4.24. The van der Waals surface area contributed by atoms with E-state index < -0.39 is 15.8 Å². The Hall–Kier alpha value is -0.660. The van der Waals surface area contributed by atoms with Crippen molar-refractivity contribution in [2.45, 2.75) is 37.8 Å². The summed E-state index contributed by atoms with van der Waals surface area (Å²) in [5, 5.41) is 3.34. The van der Waals surface area contributed by atoms with Crippen LogP contribution in [0.4, 0.5) is 0 Å². The summed E-state index contributed by atoms with van der Waals surface area (Å²) in [5.74, 6) is -0.715. The number of sulfonamides is 1. The molecule has 1 amide bonds. The van der Waals surface area contributed by atoms with Gasteiger partial charge in [0.15, 0.2) is 0 Å². The highest BCUT2D eigenvalue weighted by molar-refractivity contribution is 7.90. The van der Waals surface area contributed by atoms with Gasteiger partial charge in [-0.05, 0) is 39.3 Å². The second-order valence-electron chi connectivity index (χ2n) is 5.03. The minimum Gasteiger partial charge on any atom is -0.337 e. The molecule has 2 fully saturated rings. The Balaban J connectivity index is 1.94. The molecule has 104 valence electrons. The van der Waals surface area contributed by atoms with E-state index in [-0.39, 0.29) is 11.9 Å². The van der Waals surface area contributed by atoms with Gasteiger partial charge in [-0.1, -0.05) is 0 Å². The molecule has 1 saturated carbocycles. The highest BCUT2D eigenvalue weighted by Crippen LogP contribution is 2.28. The second-order valence-corrected chi connectivity index (χ2v) is 6.96. The van der Waals surface area contributed by atoms with Crippen LogP contribution in [-0.2, 0) is 14.8 Å². The Morgan fingerprint density at radius 1 is 1.39 bits per heavy atom. The molecule has 18 heavy (non-hydrogen) atoms. The minimum absolute atomic E-state index is 0.256. The van der Waals surface area contributed by atoms with Crippen molar-refractivity contribution in [1.82, 2.24) is 14.9 Å².